The molecule has 1 fully saturated rings. The molecule has 1 saturated carbocycles. The second kappa shape index (κ2) is 9.07. The summed E-state index contributed by atoms with van der Waals surface area (Å²) in [6, 6.07) is 12.8. The summed E-state index contributed by atoms with van der Waals surface area (Å²) in [6.45, 7) is 0.584. The van der Waals surface area contributed by atoms with Gasteiger partial charge in [0.1, 0.15) is 0 Å². The van der Waals surface area contributed by atoms with Crippen LogP contribution in [0.4, 0.5) is 18.9 Å². The first-order valence-corrected chi connectivity index (χ1v) is 12.0. The van der Waals surface area contributed by atoms with Crippen LogP contribution < -0.4 is 10.0 Å². The average Bonchev–Trinajstić information content (AvgIpc) is 2.78. The third kappa shape index (κ3) is 5.21. The van der Waals surface area contributed by atoms with E-state index in [1.54, 1.807) is 12.1 Å². The minimum atomic E-state index is -4.53. The molecule has 0 atom stereocenters. The maximum Gasteiger partial charge on any atom is 0.416 e. The fourth-order valence-corrected chi connectivity index (χ4v) is 5.02. The lowest BCUT2D eigenvalue weighted by atomic mass is 9.95. The molecular formula is C23H24F3N3O2S. The Morgan fingerprint density at radius 3 is 2.34 bits per heavy atom. The van der Waals surface area contributed by atoms with E-state index in [9.17, 15) is 21.6 Å². The van der Waals surface area contributed by atoms with Crippen molar-refractivity contribution in [3.8, 4) is 0 Å². The van der Waals surface area contributed by atoms with E-state index in [0.717, 1.165) is 48.2 Å². The highest BCUT2D eigenvalue weighted by atomic mass is 32.2. The molecule has 0 bridgehead atoms. The number of alkyl halides is 3. The number of aromatic nitrogens is 1. The van der Waals surface area contributed by atoms with Crippen molar-refractivity contribution >= 4 is 26.6 Å². The summed E-state index contributed by atoms with van der Waals surface area (Å²) in [5.74, 6) is 0. The molecule has 170 valence electrons. The number of nitrogens with zero attached hydrogens (tertiary/aromatic N) is 1. The van der Waals surface area contributed by atoms with Crippen LogP contribution in [-0.2, 0) is 22.7 Å². The minimum absolute atomic E-state index is 0.252. The van der Waals surface area contributed by atoms with Crippen LogP contribution >= 0.6 is 0 Å². The van der Waals surface area contributed by atoms with E-state index in [1.165, 1.54) is 19.3 Å². The minimum Gasteiger partial charge on any atom is -0.308 e. The number of halogens is 3. The molecule has 1 aromatic heterocycles. The Morgan fingerprint density at radius 2 is 1.66 bits per heavy atom. The van der Waals surface area contributed by atoms with Gasteiger partial charge in [0, 0.05) is 18.0 Å². The summed E-state index contributed by atoms with van der Waals surface area (Å²) < 4.78 is 66.4. The van der Waals surface area contributed by atoms with Gasteiger partial charge in [-0.2, -0.15) is 13.2 Å². The van der Waals surface area contributed by atoms with Crippen molar-refractivity contribution in [1.82, 2.24) is 10.3 Å². The summed E-state index contributed by atoms with van der Waals surface area (Å²) in [4.78, 5) is 4.39. The molecule has 4 rings (SSSR count). The van der Waals surface area contributed by atoms with E-state index in [-0.39, 0.29) is 10.6 Å². The zero-order valence-corrected chi connectivity index (χ0v) is 18.1. The Morgan fingerprint density at radius 1 is 0.938 bits per heavy atom. The molecule has 2 N–H and O–H groups in total. The largest absolute Gasteiger partial charge is 0.416 e. The number of anilines is 1. The predicted octanol–water partition coefficient (Wildman–Crippen LogP) is 5.48. The maximum atomic E-state index is 12.8. The first-order valence-electron chi connectivity index (χ1n) is 10.5. The molecule has 2 aromatic carbocycles. The standard InChI is InChI=1S/C23H24F3N3O2S/c24-23(25,26)17-10-13-20(14-11-17)32(30,31)29-21-8-4-5-16-9-12-19(28-22(16)21)15-27-18-6-2-1-3-7-18/h4-5,8-14,18,27,29H,1-3,6-7,15H2. The second-order valence-corrected chi connectivity index (χ2v) is 9.71. The van der Waals surface area contributed by atoms with Gasteiger partial charge in [-0.25, -0.2) is 13.4 Å². The van der Waals surface area contributed by atoms with Gasteiger partial charge in [-0.05, 0) is 49.2 Å². The molecule has 0 saturated heterocycles. The van der Waals surface area contributed by atoms with E-state index < -0.39 is 21.8 Å². The number of nitrogens with one attached hydrogen (secondary N) is 2. The highest BCUT2D eigenvalue weighted by molar-refractivity contribution is 7.92. The lowest BCUT2D eigenvalue weighted by Gasteiger charge is -2.22. The van der Waals surface area contributed by atoms with Crippen molar-refractivity contribution < 1.29 is 21.6 Å². The molecule has 0 unspecified atom stereocenters. The fourth-order valence-electron chi connectivity index (χ4n) is 3.95. The van der Waals surface area contributed by atoms with Crippen molar-refractivity contribution in [3.63, 3.8) is 0 Å². The van der Waals surface area contributed by atoms with Crippen molar-refractivity contribution in [2.24, 2.45) is 0 Å². The van der Waals surface area contributed by atoms with Crippen LogP contribution in [-0.4, -0.2) is 19.4 Å². The van der Waals surface area contributed by atoms with E-state index in [2.05, 4.69) is 15.0 Å². The number of fused-ring (bicyclic) bond motifs is 1. The maximum absolute atomic E-state index is 12.8. The first kappa shape index (κ1) is 22.5. The Labute approximate surface area is 185 Å². The molecule has 0 spiro atoms. The fraction of sp³-hybridized carbons (Fsp3) is 0.348. The van der Waals surface area contributed by atoms with Crippen LogP contribution in [0.1, 0.15) is 43.4 Å². The Balaban J connectivity index is 1.56. The summed E-state index contributed by atoms with van der Waals surface area (Å²) in [5, 5.41) is 4.28. The van der Waals surface area contributed by atoms with Gasteiger partial charge in [0.2, 0.25) is 0 Å². The quantitative estimate of drug-likeness (QED) is 0.508. The van der Waals surface area contributed by atoms with Crippen LogP contribution in [0.2, 0.25) is 0 Å². The van der Waals surface area contributed by atoms with Gasteiger partial charge in [0.05, 0.1) is 27.4 Å². The van der Waals surface area contributed by atoms with Crippen molar-refractivity contribution in [2.45, 2.75) is 55.8 Å². The number of hydrogen-bond donors (Lipinski definition) is 2. The zero-order valence-electron chi connectivity index (χ0n) is 17.3. The zero-order chi connectivity index (χ0) is 22.8. The molecular weight excluding hydrogens is 439 g/mol. The molecule has 3 aromatic rings. The summed E-state index contributed by atoms with van der Waals surface area (Å²) in [6.07, 6.45) is 1.47. The molecule has 32 heavy (non-hydrogen) atoms. The van der Waals surface area contributed by atoms with Gasteiger partial charge < -0.3 is 5.32 Å². The molecule has 1 aliphatic rings. The van der Waals surface area contributed by atoms with Gasteiger partial charge >= 0.3 is 6.18 Å². The van der Waals surface area contributed by atoms with E-state index in [4.69, 9.17) is 0 Å². The normalized spacial score (nSPS) is 15.7. The van der Waals surface area contributed by atoms with Crippen molar-refractivity contribution in [3.05, 3.63) is 65.9 Å². The molecule has 5 nitrogen and oxygen atoms in total. The van der Waals surface area contributed by atoms with Gasteiger partial charge in [-0.3, -0.25) is 4.72 Å². The monoisotopic (exact) mass is 463 g/mol. The third-order valence-electron chi connectivity index (χ3n) is 5.69. The Hall–Kier alpha value is -2.65. The second-order valence-electron chi connectivity index (χ2n) is 8.02. The Kier molecular flexibility index (Phi) is 6.39. The number of sulfonamides is 1. The van der Waals surface area contributed by atoms with Crippen LogP contribution in [0.15, 0.2) is 59.5 Å². The number of benzene rings is 2. The van der Waals surface area contributed by atoms with E-state index in [0.29, 0.717) is 18.1 Å². The average molecular weight is 464 g/mol. The van der Waals surface area contributed by atoms with Gasteiger partial charge in [0.15, 0.2) is 0 Å². The lowest BCUT2D eigenvalue weighted by Crippen LogP contribution is -2.30. The molecule has 1 heterocycles. The molecule has 9 heteroatoms. The number of rotatable bonds is 6. The van der Waals surface area contributed by atoms with Crippen molar-refractivity contribution in [1.29, 1.82) is 0 Å². The molecule has 1 aliphatic carbocycles. The van der Waals surface area contributed by atoms with E-state index in [1.807, 2.05) is 18.2 Å². The van der Waals surface area contributed by atoms with Gasteiger partial charge in [-0.15, -0.1) is 0 Å². The van der Waals surface area contributed by atoms with Crippen LogP contribution in [0.3, 0.4) is 0 Å². The van der Waals surface area contributed by atoms with Gasteiger partial charge in [-0.1, -0.05) is 37.5 Å². The summed E-state index contributed by atoms with van der Waals surface area (Å²) in [7, 11) is -4.08. The topological polar surface area (TPSA) is 71.1 Å². The molecule has 0 radical (unpaired) electrons. The van der Waals surface area contributed by atoms with Crippen LogP contribution in [0, 0.1) is 0 Å². The van der Waals surface area contributed by atoms with Crippen molar-refractivity contribution in [2.75, 3.05) is 4.72 Å². The summed E-state index contributed by atoms with van der Waals surface area (Å²) >= 11 is 0. The highest BCUT2D eigenvalue weighted by Crippen LogP contribution is 2.30. The smallest absolute Gasteiger partial charge is 0.308 e. The third-order valence-corrected chi connectivity index (χ3v) is 7.07. The van der Waals surface area contributed by atoms with E-state index >= 15 is 0 Å². The lowest BCUT2D eigenvalue weighted by molar-refractivity contribution is -0.137. The number of pyridine rings is 1. The highest BCUT2D eigenvalue weighted by Gasteiger charge is 2.30. The molecule has 0 aliphatic heterocycles. The first-order chi connectivity index (χ1) is 15.2. The van der Waals surface area contributed by atoms with Crippen LogP contribution in [0.5, 0.6) is 0 Å². The Bertz CT molecular complexity index is 1190. The van der Waals surface area contributed by atoms with Gasteiger partial charge in [0.25, 0.3) is 10.0 Å². The number of hydrogen-bond acceptors (Lipinski definition) is 4. The predicted molar refractivity (Wildman–Crippen MR) is 118 cm³/mol. The van der Waals surface area contributed by atoms with Crippen LogP contribution in [0.25, 0.3) is 10.9 Å². The molecule has 0 amide bonds. The SMILES string of the molecule is O=S(=O)(Nc1cccc2ccc(CNC3CCCCC3)nc12)c1ccc(C(F)(F)F)cc1. The number of para-hydroxylation sites is 1. The summed E-state index contributed by atoms with van der Waals surface area (Å²) in [5.41, 5.74) is 0.662.